The summed E-state index contributed by atoms with van der Waals surface area (Å²) in [6.45, 7) is 0. The fraction of sp³-hybridized carbons (Fsp3) is 0.0455. The molecule has 25 heavy (non-hydrogen) atoms. The van der Waals surface area contributed by atoms with E-state index in [0.29, 0.717) is 5.56 Å². The molecule has 0 N–H and O–H groups in total. The van der Waals surface area contributed by atoms with Gasteiger partial charge in [-0.05, 0) is 46.5 Å². The maximum atomic E-state index is 11.5. The molecule has 0 bridgehead atoms. The Balaban J connectivity index is 1.87. The van der Waals surface area contributed by atoms with E-state index in [4.69, 9.17) is 16.3 Å². The van der Waals surface area contributed by atoms with Crippen LogP contribution >= 0.6 is 11.6 Å². The predicted molar refractivity (Wildman–Crippen MR) is 104 cm³/mol. The van der Waals surface area contributed by atoms with E-state index in [1.807, 2.05) is 54.6 Å². The van der Waals surface area contributed by atoms with Crippen molar-refractivity contribution in [1.82, 2.24) is 0 Å². The number of carbonyl (C=O) groups excluding carboxylic acids is 1. The molecule has 0 aliphatic rings. The first kappa shape index (κ1) is 17.0. The molecule has 124 valence electrons. The first-order valence-corrected chi connectivity index (χ1v) is 8.26. The number of rotatable bonds is 4. The van der Waals surface area contributed by atoms with Gasteiger partial charge >= 0.3 is 5.97 Å². The van der Waals surface area contributed by atoms with Gasteiger partial charge in [-0.15, -0.1) is 0 Å². The summed E-state index contributed by atoms with van der Waals surface area (Å²) in [6, 6.07) is 23.3. The van der Waals surface area contributed by atoms with Crippen molar-refractivity contribution in [2.24, 2.45) is 0 Å². The number of hydrogen-bond acceptors (Lipinski definition) is 2. The van der Waals surface area contributed by atoms with Crippen LogP contribution in [0.1, 0.15) is 21.5 Å². The Hall–Kier alpha value is -2.84. The fourth-order valence-electron chi connectivity index (χ4n) is 2.57. The molecule has 0 amide bonds. The molecular formula is C22H17ClO2. The van der Waals surface area contributed by atoms with Crippen LogP contribution in [-0.2, 0) is 4.74 Å². The largest absolute Gasteiger partial charge is 0.465 e. The summed E-state index contributed by atoms with van der Waals surface area (Å²) in [5, 5.41) is 0.725. The molecule has 0 aliphatic carbocycles. The van der Waals surface area contributed by atoms with Gasteiger partial charge in [-0.25, -0.2) is 4.79 Å². The van der Waals surface area contributed by atoms with Gasteiger partial charge in [0.05, 0.1) is 12.7 Å². The third-order valence-electron chi connectivity index (χ3n) is 3.90. The molecule has 0 unspecified atom stereocenters. The summed E-state index contributed by atoms with van der Waals surface area (Å²) >= 11 is 5.98. The van der Waals surface area contributed by atoms with Crippen molar-refractivity contribution < 1.29 is 9.53 Å². The lowest BCUT2D eigenvalue weighted by atomic mass is 9.99. The molecule has 0 saturated heterocycles. The van der Waals surface area contributed by atoms with Gasteiger partial charge in [-0.3, -0.25) is 0 Å². The highest BCUT2D eigenvalue weighted by atomic mass is 35.5. The van der Waals surface area contributed by atoms with Crippen LogP contribution in [0.2, 0.25) is 5.02 Å². The van der Waals surface area contributed by atoms with Gasteiger partial charge in [-0.1, -0.05) is 72.3 Å². The highest BCUT2D eigenvalue weighted by Crippen LogP contribution is 2.26. The van der Waals surface area contributed by atoms with Crippen LogP contribution in [-0.4, -0.2) is 13.1 Å². The van der Waals surface area contributed by atoms with Crippen molar-refractivity contribution in [3.8, 4) is 11.1 Å². The summed E-state index contributed by atoms with van der Waals surface area (Å²) < 4.78 is 4.71. The molecule has 0 atom stereocenters. The van der Waals surface area contributed by atoms with E-state index in [2.05, 4.69) is 18.2 Å². The fourth-order valence-corrected chi connectivity index (χ4v) is 2.69. The third-order valence-corrected chi connectivity index (χ3v) is 4.16. The Morgan fingerprint density at radius 3 is 2.24 bits per heavy atom. The lowest BCUT2D eigenvalue weighted by Gasteiger charge is -2.06. The number of hydrogen-bond donors (Lipinski definition) is 0. The van der Waals surface area contributed by atoms with Crippen LogP contribution in [0.3, 0.4) is 0 Å². The molecule has 3 rings (SSSR count). The number of ether oxygens (including phenoxy) is 1. The predicted octanol–water partition coefficient (Wildman–Crippen LogP) is 5.96. The summed E-state index contributed by atoms with van der Waals surface area (Å²) in [6.07, 6.45) is 4.09. The highest BCUT2D eigenvalue weighted by Gasteiger charge is 2.04. The van der Waals surface area contributed by atoms with Crippen molar-refractivity contribution in [2.75, 3.05) is 7.11 Å². The zero-order valence-corrected chi connectivity index (χ0v) is 14.5. The van der Waals surface area contributed by atoms with Gasteiger partial charge in [0.2, 0.25) is 0 Å². The van der Waals surface area contributed by atoms with Crippen molar-refractivity contribution in [2.45, 2.75) is 0 Å². The number of esters is 1. The second kappa shape index (κ2) is 7.82. The normalized spacial score (nSPS) is 10.8. The van der Waals surface area contributed by atoms with E-state index in [1.54, 1.807) is 12.1 Å². The minimum Gasteiger partial charge on any atom is -0.465 e. The van der Waals surface area contributed by atoms with E-state index in [1.165, 1.54) is 7.11 Å². The minimum absolute atomic E-state index is 0.330. The molecular weight excluding hydrogens is 332 g/mol. The Labute approximate surface area is 152 Å². The Morgan fingerprint density at radius 1 is 0.880 bits per heavy atom. The second-order valence-electron chi connectivity index (χ2n) is 5.54. The standard InChI is InChI=1S/C22H17ClO2/c1-25-22(24)19-10-7-16(8-11-19)6-9-17-4-2-3-5-21(17)18-12-14-20(23)15-13-18/h2-15H,1H3/b9-6+. The molecule has 3 aromatic rings. The molecule has 0 aromatic heterocycles. The van der Waals surface area contributed by atoms with Crippen molar-refractivity contribution in [1.29, 1.82) is 0 Å². The maximum Gasteiger partial charge on any atom is 0.337 e. The smallest absolute Gasteiger partial charge is 0.337 e. The summed E-state index contributed by atoms with van der Waals surface area (Å²) in [5.41, 5.74) is 4.92. The van der Waals surface area contributed by atoms with E-state index >= 15 is 0 Å². The average molecular weight is 349 g/mol. The summed E-state index contributed by atoms with van der Waals surface area (Å²) in [7, 11) is 1.38. The van der Waals surface area contributed by atoms with Gasteiger partial charge < -0.3 is 4.74 Å². The minimum atomic E-state index is -0.330. The van der Waals surface area contributed by atoms with Gasteiger partial charge in [0.15, 0.2) is 0 Å². The molecule has 2 nitrogen and oxygen atoms in total. The first-order chi connectivity index (χ1) is 12.2. The first-order valence-electron chi connectivity index (χ1n) is 7.89. The van der Waals surface area contributed by atoms with Crippen LogP contribution in [0, 0.1) is 0 Å². The van der Waals surface area contributed by atoms with Gasteiger partial charge in [0.1, 0.15) is 0 Å². The van der Waals surface area contributed by atoms with Crippen molar-refractivity contribution >= 4 is 29.7 Å². The molecule has 0 saturated carbocycles. The van der Waals surface area contributed by atoms with Crippen molar-refractivity contribution in [3.63, 3.8) is 0 Å². The van der Waals surface area contributed by atoms with Crippen molar-refractivity contribution in [3.05, 3.63) is 94.5 Å². The van der Waals surface area contributed by atoms with E-state index in [9.17, 15) is 4.79 Å². The molecule has 0 aliphatic heterocycles. The van der Waals surface area contributed by atoms with E-state index in [-0.39, 0.29) is 5.97 Å². The number of benzene rings is 3. The monoisotopic (exact) mass is 348 g/mol. The second-order valence-corrected chi connectivity index (χ2v) is 5.98. The van der Waals surface area contributed by atoms with Crippen LogP contribution in [0.15, 0.2) is 72.8 Å². The topological polar surface area (TPSA) is 26.3 Å². The van der Waals surface area contributed by atoms with Gasteiger partial charge in [0, 0.05) is 5.02 Å². The molecule has 3 heteroatoms. The Morgan fingerprint density at radius 2 is 1.56 bits per heavy atom. The lowest BCUT2D eigenvalue weighted by molar-refractivity contribution is 0.0600. The average Bonchev–Trinajstić information content (AvgIpc) is 2.67. The van der Waals surface area contributed by atoms with Crippen LogP contribution in [0.25, 0.3) is 23.3 Å². The maximum absolute atomic E-state index is 11.5. The molecule has 0 radical (unpaired) electrons. The van der Waals surface area contributed by atoms with Gasteiger partial charge in [-0.2, -0.15) is 0 Å². The summed E-state index contributed by atoms with van der Waals surface area (Å²) in [5.74, 6) is -0.330. The van der Waals surface area contributed by atoms with Crippen LogP contribution in [0.4, 0.5) is 0 Å². The molecule has 0 spiro atoms. The SMILES string of the molecule is COC(=O)c1ccc(/C=C/c2ccccc2-c2ccc(Cl)cc2)cc1. The van der Waals surface area contributed by atoms with E-state index < -0.39 is 0 Å². The van der Waals surface area contributed by atoms with Crippen LogP contribution in [0.5, 0.6) is 0 Å². The zero-order valence-electron chi connectivity index (χ0n) is 13.8. The van der Waals surface area contributed by atoms with Crippen LogP contribution < -0.4 is 0 Å². The molecule has 0 heterocycles. The zero-order chi connectivity index (χ0) is 17.6. The highest BCUT2D eigenvalue weighted by molar-refractivity contribution is 6.30. The van der Waals surface area contributed by atoms with Gasteiger partial charge in [0.25, 0.3) is 0 Å². The van der Waals surface area contributed by atoms with E-state index in [0.717, 1.165) is 27.3 Å². The number of methoxy groups -OCH3 is 1. The Kier molecular flexibility index (Phi) is 5.32. The lowest BCUT2D eigenvalue weighted by Crippen LogP contribution is -2.00. The molecule has 0 fully saturated rings. The quantitative estimate of drug-likeness (QED) is 0.429. The number of halogens is 1. The summed E-state index contributed by atoms with van der Waals surface area (Å²) in [4.78, 5) is 11.5. The number of carbonyl (C=O) groups is 1. The molecule has 3 aromatic carbocycles. The third kappa shape index (κ3) is 4.17. The Bertz CT molecular complexity index is 894.